The first-order valence-corrected chi connectivity index (χ1v) is 5.58. The van der Waals surface area contributed by atoms with Crippen LogP contribution in [-0.4, -0.2) is 39.5 Å². The van der Waals surface area contributed by atoms with E-state index in [1.807, 2.05) is 0 Å². The van der Waals surface area contributed by atoms with Crippen LogP contribution in [0.1, 0.15) is 17.2 Å². The number of aliphatic hydroxyl groups excluding tert-OH is 1. The van der Waals surface area contributed by atoms with Crippen molar-refractivity contribution in [2.45, 2.75) is 12.7 Å². The highest BCUT2D eigenvalue weighted by molar-refractivity contribution is 5.76. The maximum absolute atomic E-state index is 11.4. The van der Waals surface area contributed by atoms with Crippen LogP contribution < -0.4 is 9.47 Å². The Morgan fingerprint density at radius 2 is 1.89 bits per heavy atom. The average molecular weight is 270 g/mol. The minimum atomic E-state index is -1.37. The summed E-state index contributed by atoms with van der Waals surface area (Å²) in [5.41, 5.74) is 1.03. The summed E-state index contributed by atoms with van der Waals surface area (Å²) in [6, 6.07) is 3.14. The van der Waals surface area contributed by atoms with E-state index in [9.17, 15) is 9.90 Å². The molecule has 0 saturated carbocycles. The van der Waals surface area contributed by atoms with Crippen molar-refractivity contribution >= 4 is 5.97 Å². The van der Waals surface area contributed by atoms with Gasteiger partial charge in [-0.1, -0.05) is 0 Å². The van der Waals surface area contributed by atoms with Crippen molar-refractivity contribution in [1.29, 1.82) is 0 Å². The average Bonchev–Trinajstić information content (AvgIpc) is 2.44. The predicted molar refractivity (Wildman–Crippen MR) is 67.2 cm³/mol. The zero-order valence-electron chi connectivity index (χ0n) is 11.4. The van der Waals surface area contributed by atoms with Crippen LogP contribution in [0.5, 0.6) is 11.5 Å². The lowest BCUT2D eigenvalue weighted by Crippen LogP contribution is -2.14. The number of benzene rings is 1. The van der Waals surface area contributed by atoms with Crippen molar-refractivity contribution in [2.75, 3.05) is 28.4 Å². The molecule has 0 aromatic heterocycles. The summed E-state index contributed by atoms with van der Waals surface area (Å²) in [6.45, 7) is 0.265. The van der Waals surface area contributed by atoms with E-state index in [0.29, 0.717) is 22.6 Å². The van der Waals surface area contributed by atoms with Crippen LogP contribution in [-0.2, 0) is 20.9 Å². The van der Waals surface area contributed by atoms with E-state index in [1.165, 1.54) is 34.5 Å². The minimum Gasteiger partial charge on any atom is -0.493 e. The number of hydrogen-bond donors (Lipinski definition) is 1. The maximum Gasteiger partial charge on any atom is 0.339 e. The second-order valence-corrected chi connectivity index (χ2v) is 3.77. The summed E-state index contributed by atoms with van der Waals surface area (Å²) in [5.74, 6) is 0.177. The zero-order valence-corrected chi connectivity index (χ0v) is 11.4. The molecule has 1 aromatic carbocycles. The normalized spacial score (nSPS) is 11.8. The molecule has 0 aliphatic heterocycles. The Kier molecular flexibility index (Phi) is 5.59. The van der Waals surface area contributed by atoms with Crippen LogP contribution in [0.4, 0.5) is 0 Å². The molecular weight excluding hydrogens is 252 g/mol. The van der Waals surface area contributed by atoms with Crippen LogP contribution >= 0.6 is 0 Å². The molecule has 19 heavy (non-hydrogen) atoms. The van der Waals surface area contributed by atoms with Gasteiger partial charge in [0.25, 0.3) is 0 Å². The van der Waals surface area contributed by atoms with E-state index in [1.54, 1.807) is 6.07 Å². The van der Waals surface area contributed by atoms with Gasteiger partial charge >= 0.3 is 5.97 Å². The van der Waals surface area contributed by atoms with Crippen LogP contribution in [0.15, 0.2) is 12.1 Å². The van der Waals surface area contributed by atoms with Gasteiger partial charge < -0.3 is 24.1 Å². The molecule has 0 aliphatic carbocycles. The van der Waals surface area contributed by atoms with Gasteiger partial charge in [-0.3, -0.25) is 0 Å². The summed E-state index contributed by atoms with van der Waals surface area (Å²) >= 11 is 0. The number of ether oxygens (including phenoxy) is 4. The molecule has 1 atom stereocenters. The van der Waals surface area contributed by atoms with Crippen LogP contribution in [0.3, 0.4) is 0 Å². The molecule has 1 unspecified atom stereocenters. The third-order valence-electron chi connectivity index (χ3n) is 2.62. The fourth-order valence-corrected chi connectivity index (χ4v) is 1.74. The van der Waals surface area contributed by atoms with Gasteiger partial charge in [-0.15, -0.1) is 0 Å². The number of aliphatic hydroxyl groups is 1. The number of methoxy groups -OCH3 is 4. The second-order valence-electron chi connectivity index (χ2n) is 3.77. The molecule has 0 radical (unpaired) electrons. The van der Waals surface area contributed by atoms with E-state index in [2.05, 4.69) is 4.74 Å². The van der Waals surface area contributed by atoms with E-state index < -0.39 is 12.1 Å². The fraction of sp³-hybridized carbons (Fsp3) is 0.462. The molecular formula is C13H18O6. The SMILES string of the molecule is COCc1cc(C(O)C(=O)OC)cc(OC)c1OC. The lowest BCUT2D eigenvalue weighted by atomic mass is 10.0. The summed E-state index contributed by atoms with van der Waals surface area (Å²) in [5, 5.41) is 9.85. The molecule has 6 heteroatoms. The second kappa shape index (κ2) is 6.96. The van der Waals surface area contributed by atoms with Gasteiger partial charge in [0, 0.05) is 12.7 Å². The lowest BCUT2D eigenvalue weighted by molar-refractivity contribution is -0.150. The zero-order chi connectivity index (χ0) is 14.4. The molecule has 0 saturated heterocycles. The maximum atomic E-state index is 11.4. The molecule has 1 aromatic rings. The first-order valence-electron chi connectivity index (χ1n) is 5.58. The first-order chi connectivity index (χ1) is 9.08. The molecule has 0 bridgehead atoms. The fourth-order valence-electron chi connectivity index (χ4n) is 1.74. The summed E-state index contributed by atoms with van der Waals surface area (Å²) in [7, 11) is 5.73. The van der Waals surface area contributed by atoms with Crippen molar-refractivity contribution in [3.05, 3.63) is 23.3 Å². The molecule has 1 N–H and O–H groups in total. The number of carbonyl (C=O) groups excluding carboxylic acids is 1. The minimum absolute atomic E-state index is 0.265. The van der Waals surface area contributed by atoms with Gasteiger partial charge in [-0.05, 0) is 17.7 Å². The monoisotopic (exact) mass is 270 g/mol. The van der Waals surface area contributed by atoms with Gasteiger partial charge in [0.2, 0.25) is 0 Å². The van der Waals surface area contributed by atoms with Gasteiger partial charge in [-0.2, -0.15) is 0 Å². The molecule has 0 aliphatic rings. The van der Waals surface area contributed by atoms with Gasteiger partial charge in [0.15, 0.2) is 17.6 Å². The highest BCUT2D eigenvalue weighted by Crippen LogP contribution is 2.35. The quantitative estimate of drug-likeness (QED) is 0.779. The Hall–Kier alpha value is -1.79. The molecule has 0 spiro atoms. The third kappa shape index (κ3) is 3.36. The van der Waals surface area contributed by atoms with Gasteiger partial charge in [0.1, 0.15) is 0 Å². The number of esters is 1. The molecule has 0 amide bonds. The first kappa shape index (κ1) is 15.3. The lowest BCUT2D eigenvalue weighted by Gasteiger charge is -2.16. The Morgan fingerprint density at radius 3 is 2.37 bits per heavy atom. The molecule has 0 heterocycles. The van der Waals surface area contributed by atoms with Crippen LogP contribution in [0, 0.1) is 0 Å². The topological polar surface area (TPSA) is 74.2 Å². The molecule has 1 rings (SSSR count). The van der Waals surface area contributed by atoms with Crippen molar-refractivity contribution in [2.24, 2.45) is 0 Å². The summed E-state index contributed by atoms with van der Waals surface area (Å²) in [4.78, 5) is 11.4. The Balaban J connectivity index is 3.27. The molecule has 6 nitrogen and oxygen atoms in total. The van der Waals surface area contributed by atoms with E-state index in [0.717, 1.165) is 0 Å². The Bertz CT molecular complexity index is 443. The van der Waals surface area contributed by atoms with Crippen molar-refractivity contribution in [1.82, 2.24) is 0 Å². The van der Waals surface area contributed by atoms with Crippen LogP contribution in [0.2, 0.25) is 0 Å². The summed E-state index contributed by atoms with van der Waals surface area (Å²) < 4.78 is 20.0. The number of hydrogen-bond acceptors (Lipinski definition) is 6. The molecule has 106 valence electrons. The van der Waals surface area contributed by atoms with Crippen molar-refractivity contribution in [3.63, 3.8) is 0 Å². The standard InChI is InChI=1S/C13H18O6/c1-16-7-9-5-8(11(14)13(15)19-4)6-10(17-2)12(9)18-3/h5-6,11,14H,7H2,1-4H3. The molecule has 0 fully saturated rings. The number of rotatable bonds is 6. The smallest absolute Gasteiger partial charge is 0.339 e. The van der Waals surface area contributed by atoms with E-state index in [-0.39, 0.29) is 6.61 Å². The van der Waals surface area contributed by atoms with E-state index in [4.69, 9.17) is 14.2 Å². The third-order valence-corrected chi connectivity index (χ3v) is 2.62. The predicted octanol–water partition coefficient (Wildman–Crippen LogP) is 1.06. The van der Waals surface area contributed by atoms with Gasteiger partial charge in [0.05, 0.1) is 27.9 Å². The Morgan fingerprint density at radius 1 is 1.21 bits per heavy atom. The highest BCUT2D eigenvalue weighted by Gasteiger charge is 2.22. The van der Waals surface area contributed by atoms with E-state index >= 15 is 0 Å². The van der Waals surface area contributed by atoms with Gasteiger partial charge in [-0.25, -0.2) is 4.79 Å². The summed E-state index contributed by atoms with van der Waals surface area (Å²) in [6.07, 6.45) is -1.37. The Labute approximate surface area is 111 Å². The van der Waals surface area contributed by atoms with Crippen molar-refractivity contribution in [3.8, 4) is 11.5 Å². The van der Waals surface area contributed by atoms with Crippen molar-refractivity contribution < 1.29 is 28.8 Å². The highest BCUT2D eigenvalue weighted by atomic mass is 16.5. The number of carbonyl (C=O) groups is 1. The largest absolute Gasteiger partial charge is 0.493 e. The van der Waals surface area contributed by atoms with Crippen LogP contribution in [0.25, 0.3) is 0 Å².